The highest BCUT2D eigenvalue weighted by atomic mass is 19.1. The summed E-state index contributed by atoms with van der Waals surface area (Å²) in [4.78, 5) is 0. The molecule has 186 valence electrons. The molecular formula is C32H44F2. The summed E-state index contributed by atoms with van der Waals surface area (Å²) < 4.78 is 28.1. The van der Waals surface area contributed by atoms with Crippen LogP contribution in [0.3, 0.4) is 0 Å². The summed E-state index contributed by atoms with van der Waals surface area (Å²) in [5.41, 5.74) is 2.43. The van der Waals surface area contributed by atoms with Gasteiger partial charge in [-0.2, -0.15) is 0 Å². The third-order valence-electron chi connectivity index (χ3n) is 9.08. The van der Waals surface area contributed by atoms with E-state index in [1.165, 1.54) is 95.6 Å². The Morgan fingerprint density at radius 3 is 2.12 bits per heavy atom. The second-order valence-corrected chi connectivity index (χ2v) is 11.5. The van der Waals surface area contributed by atoms with Crippen LogP contribution in [0, 0.1) is 35.3 Å². The van der Waals surface area contributed by atoms with Crippen LogP contribution in [0.5, 0.6) is 0 Å². The Balaban J connectivity index is 1.23. The quantitative estimate of drug-likeness (QED) is 0.322. The van der Waals surface area contributed by atoms with Gasteiger partial charge in [-0.15, -0.1) is 0 Å². The number of hydrogen-bond acceptors (Lipinski definition) is 0. The van der Waals surface area contributed by atoms with Gasteiger partial charge in [-0.25, -0.2) is 8.78 Å². The summed E-state index contributed by atoms with van der Waals surface area (Å²) in [7, 11) is 0. The van der Waals surface area contributed by atoms with Crippen LogP contribution < -0.4 is 0 Å². The summed E-state index contributed by atoms with van der Waals surface area (Å²) in [5.74, 6) is 3.63. The van der Waals surface area contributed by atoms with E-state index in [1.54, 1.807) is 18.2 Å². The van der Waals surface area contributed by atoms with Crippen molar-refractivity contribution in [3.8, 4) is 11.1 Å². The molecule has 0 spiro atoms. The fraction of sp³-hybridized carbons (Fsp3) is 0.625. The predicted octanol–water partition coefficient (Wildman–Crippen LogP) is 10.3. The molecule has 0 saturated heterocycles. The summed E-state index contributed by atoms with van der Waals surface area (Å²) in [6.45, 7) is 4.81. The molecule has 2 aromatic rings. The molecule has 0 nitrogen and oxygen atoms in total. The van der Waals surface area contributed by atoms with Gasteiger partial charge in [0.05, 0.1) is 0 Å². The number of rotatable bonds is 9. The normalized spacial score (nSPS) is 26.4. The number of benzene rings is 2. The number of halogens is 2. The molecule has 0 N–H and O–H groups in total. The monoisotopic (exact) mass is 466 g/mol. The standard InChI is InChI=1S/C32H44F2/c1-3-4-5-6-24-7-11-26(12-8-24)23(2)21-25-9-13-27(14-10-25)29-17-20-31(32(34)22-29)28-15-18-30(33)19-16-28/h15-20,22-27H,3-14,21H2,1-2H3. The SMILES string of the molecule is CCCCCC1CCC(C(C)CC2CCC(c3ccc(-c4ccc(F)cc4)c(F)c3)CC2)CC1. The average molecular weight is 467 g/mol. The van der Waals surface area contributed by atoms with Crippen LogP contribution in [-0.2, 0) is 0 Å². The lowest BCUT2D eigenvalue weighted by atomic mass is 9.70. The lowest BCUT2D eigenvalue weighted by Gasteiger charge is -2.36. The van der Waals surface area contributed by atoms with Crippen LogP contribution in [0.2, 0.25) is 0 Å². The molecule has 1 unspecified atom stereocenters. The van der Waals surface area contributed by atoms with Gasteiger partial charge in [0.2, 0.25) is 0 Å². The van der Waals surface area contributed by atoms with E-state index < -0.39 is 0 Å². The summed E-state index contributed by atoms with van der Waals surface area (Å²) in [6.07, 6.45) is 17.8. The van der Waals surface area contributed by atoms with Crippen molar-refractivity contribution in [2.45, 2.75) is 103 Å². The van der Waals surface area contributed by atoms with Crippen LogP contribution in [0.15, 0.2) is 42.5 Å². The van der Waals surface area contributed by atoms with E-state index in [4.69, 9.17) is 0 Å². The average Bonchev–Trinajstić information content (AvgIpc) is 2.86. The summed E-state index contributed by atoms with van der Waals surface area (Å²) >= 11 is 0. The van der Waals surface area contributed by atoms with Crippen molar-refractivity contribution in [3.63, 3.8) is 0 Å². The van der Waals surface area contributed by atoms with Crippen molar-refractivity contribution in [1.82, 2.24) is 0 Å². The smallest absolute Gasteiger partial charge is 0.131 e. The van der Waals surface area contributed by atoms with E-state index in [1.807, 2.05) is 6.07 Å². The molecule has 34 heavy (non-hydrogen) atoms. The molecule has 0 bridgehead atoms. The first-order chi connectivity index (χ1) is 16.5. The highest BCUT2D eigenvalue weighted by molar-refractivity contribution is 5.64. The summed E-state index contributed by atoms with van der Waals surface area (Å²) in [6, 6.07) is 11.8. The van der Waals surface area contributed by atoms with Crippen molar-refractivity contribution in [2.24, 2.45) is 23.7 Å². The summed E-state index contributed by atoms with van der Waals surface area (Å²) in [5, 5.41) is 0. The Kier molecular flexibility index (Phi) is 9.20. The van der Waals surface area contributed by atoms with Gasteiger partial charge in [-0.3, -0.25) is 0 Å². The Hall–Kier alpha value is -1.70. The van der Waals surface area contributed by atoms with Gasteiger partial charge in [-0.1, -0.05) is 76.6 Å². The van der Waals surface area contributed by atoms with Crippen molar-refractivity contribution < 1.29 is 8.78 Å². The first-order valence-electron chi connectivity index (χ1n) is 14.1. The minimum atomic E-state index is -0.290. The first-order valence-corrected chi connectivity index (χ1v) is 14.1. The van der Waals surface area contributed by atoms with Crippen LogP contribution in [0.25, 0.3) is 11.1 Å². The van der Waals surface area contributed by atoms with E-state index in [0.717, 1.165) is 34.8 Å². The Bertz CT molecular complexity index is 870. The van der Waals surface area contributed by atoms with E-state index in [-0.39, 0.29) is 11.6 Å². The zero-order valence-corrected chi connectivity index (χ0v) is 21.4. The molecule has 0 aliphatic heterocycles. The maximum Gasteiger partial charge on any atom is 0.131 e. The van der Waals surface area contributed by atoms with Crippen molar-refractivity contribution in [2.75, 3.05) is 0 Å². The molecule has 1 atom stereocenters. The highest BCUT2D eigenvalue weighted by Gasteiger charge is 2.29. The molecule has 0 heterocycles. The zero-order chi connectivity index (χ0) is 23.9. The van der Waals surface area contributed by atoms with Gasteiger partial charge < -0.3 is 0 Å². The zero-order valence-electron chi connectivity index (χ0n) is 21.4. The number of unbranched alkanes of at least 4 members (excludes halogenated alkanes) is 2. The Morgan fingerprint density at radius 2 is 1.47 bits per heavy atom. The van der Waals surface area contributed by atoms with Gasteiger partial charge in [0.1, 0.15) is 11.6 Å². The third-order valence-corrected chi connectivity index (χ3v) is 9.08. The maximum absolute atomic E-state index is 14.9. The highest BCUT2D eigenvalue weighted by Crippen LogP contribution is 2.43. The largest absolute Gasteiger partial charge is 0.207 e. The fourth-order valence-corrected chi connectivity index (χ4v) is 6.83. The van der Waals surface area contributed by atoms with Gasteiger partial charge in [-0.05, 0) is 104 Å². The van der Waals surface area contributed by atoms with Gasteiger partial charge in [0, 0.05) is 5.56 Å². The van der Waals surface area contributed by atoms with Gasteiger partial charge in [0.25, 0.3) is 0 Å². The topological polar surface area (TPSA) is 0 Å². The Morgan fingerprint density at radius 1 is 0.794 bits per heavy atom. The molecule has 2 heteroatoms. The van der Waals surface area contributed by atoms with Crippen LogP contribution in [0.1, 0.15) is 109 Å². The number of hydrogen-bond donors (Lipinski definition) is 0. The van der Waals surface area contributed by atoms with E-state index in [0.29, 0.717) is 11.5 Å². The molecule has 0 amide bonds. The molecule has 2 aliphatic carbocycles. The molecule has 2 fully saturated rings. The molecule has 0 radical (unpaired) electrons. The Labute approximate surface area is 206 Å². The lowest BCUT2D eigenvalue weighted by Crippen LogP contribution is -2.23. The molecule has 4 rings (SSSR count). The maximum atomic E-state index is 14.9. The van der Waals surface area contributed by atoms with Gasteiger partial charge in [0.15, 0.2) is 0 Å². The minimum absolute atomic E-state index is 0.190. The van der Waals surface area contributed by atoms with Crippen molar-refractivity contribution in [1.29, 1.82) is 0 Å². The lowest BCUT2D eigenvalue weighted by molar-refractivity contribution is 0.169. The van der Waals surface area contributed by atoms with Crippen molar-refractivity contribution in [3.05, 3.63) is 59.7 Å². The second-order valence-electron chi connectivity index (χ2n) is 11.5. The third kappa shape index (κ3) is 6.70. The molecular weight excluding hydrogens is 422 g/mol. The van der Waals surface area contributed by atoms with Crippen LogP contribution in [-0.4, -0.2) is 0 Å². The first kappa shape index (κ1) is 25.4. The molecule has 2 aliphatic rings. The predicted molar refractivity (Wildman–Crippen MR) is 140 cm³/mol. The van der Waals surface area contributed by atoms with Gasteiger partial charge >= 0.3 is 0 Å². The molecule has 0 aromatic heterocycles. The van der Waals surface area contributed by atoms with Crippen LogP contribution in [0.4, 0.5) is 8.78 Å². The molecule has 2 saturated carbocycles. The fourth-order valence-electron chi connectivity index (χ4n) is 6.83. The van der Waals surface area contributed by atoms with E-state index in [9.17, 15) is 8.78 Å². The van der Waals surface area contributed by atoms with Crippen LogP contribution >= 0.6 is 0 Å². The van der Waals surface area contributed by atoms with Crippen molar-refractivity contribution >= 4 is 0 Å². The minimum Gasteiger partial charge on any atom is -0.207 e. The van der Waals surface area contributed by atoms with E-state index >= 15 is 0 Å². The van der Waals surface area contributed by atoms with E-state index in [2.05, 4.69) is 19.9 Å². The second kappa shape index (κ2) is 12.3. The molecule has 2 aromatic carbocycles.